The van der Waals surface area contributed by atoms with Crippen molar-refractivity contribution in [1.82, 2.24) is 0 Å². The molecule has 0 aliphatic rings. The van der Waals surface area contributed by atoms with Gasteiger partial charge in [-0.25, -0.2) is 0 Å². The molecule has 1 radical (unpaired) electrons. The summed E-state index contributed by atoms with van der Waals surface area (Å²) in [4.78, 5) is 62.9. The molecule has 0 aliphatic carbocycles. The van der Waals surface area contributed by atoms with Gasteiger partial charge < -0.3 is 52.3 Å². The van der Waals surface area contributed by atoms with E-state index in [4.69, 9.17) is 19.2 Å². The van der Waals surface area contributed by atoms with Crippen molar-refractivity contribution in [2.45, 2.75) is 0 Å². The van der Waals surface area contributed by atoms with Gasteiger partial charge in [-0.05, 0) is 0 Å². The molecule has 0 heterocycles. The van der Waals surface area contributed by atoms with Crippen molar-refractivity contribution in [3.63, 3.8) is 0 Å². The van der Waals surface area contributed by atoms with Crippen LogP contribution in [0.5, 0.6) is 0 Å². The summed E-state index contributed by atoms with van der Waals surface area (Å²) >= 11 is 0. The predicted molar refractivity (Wildman–Crippen MR) is 23.9 cm³/mol. The van der Waals surface area contributed by atoms with Gasteiger partial charge in [0.15, 0.2) is 0 Å². The van der Waals surface area contributed by atoms with Crippen LogP contribution in [-0.2, 0) is 35.1 Å². The van der Waals surface area contributed by atoms with E-state index in [1.807, 2.05) is 0 Å². The molecule has 95 valence electrons. The molecule has 11 nitrogen and oxygen atoms in total. The van der Waals surface area contributed by atoms with Crippen molar-refractivity contribution in [2.24, 2.45) is 0 Å². The van der Waals surface area contributed by atoms with Crippen molar-refractivity contribution in [1.29, 1.82) is 0 Å². The van der Waals surface area contributed by atoms with Crippen LogP contribution < -0.4 is 34.3 Å². The third-order valence-electron chi connectivity index (χ3n) is 0.200. The second-order valence-corrected chi connectivity index (χ2v) is 4.76. The van der Waals surface area contributed by atoms with Gasteiger partial charge in [0.05, 0.1) is 15.6 Å². The minimum Gasteiger partial charge on any atom is -0.822 e. The average Bonchev–Trinajstić information content (AvgIpc) is 1.42. The monoisotopic (exact) mass is 324 g/mol. The summed E-state index contributed by atoms with van der Waals surface area (Å²) in [5, 5.41) is 0. The SMILES string of the molecule is O=P([O-])([O-])OP(=O)([O-])[O-].O=P([O-])([O-])[O-].[Mn]. The van der Waals surface area contributed by atoms with E-state index in [-0.39, 0.29) is 17.1 Å². The Hall–Kier alpha value is 0.889. The molecule has 0 aliphatic heterocycles. The molecule has 0 amide bonds. The molecule has 0 rings (SSSR count). The molecule has 0 saturated carbocycles. The number of phosphoric acid groups is 3. The molecular formula is MnO11P3-7. The van der Waals surface area contributed by atoms with Crippen LogP contribution in [0, 0.1) is 0 Å². The zero-order valence-corrected chi connectivity index (χ0v) is 10.1. The zero-order chi connectivity index (χ0) is 12.2. The van der Waals surface area contributed by atoms with E-state index in [0.717, 1.165) is 0 Å². The second kappa shape index (κ2) is 7.26. The Morgan fingerprint density at radius 1 is 0.667 bits per heavy atom. The number of hydrogen-bond acceptors (Lipinski definition) is 11. The summed E-state index contributed by atoms with van der Waals surface area (Å²) in [6, 6.07) is 0. The third kappa shape index (κ3) is 52.1. The molecule has 0 aromatic rings. The summed E-state index contributed by atoms with van der Waals surface area (Å²) in [5.41, 5.74) is 0. The van der Waals surface area contributed by atoms with Gasteiger partial charge in [-0.15, -0.1) is 0 Å². The fraction of sp³-hybridized carbons (Fsp3) is 0. The van der Waals surface area contributed by atoms with Crippen LogP contribution in [0.15, 0.2) is 0 Å². The van der Waals surface area contributed by atoms with Gasteiger partial charge in [0.25, 0.3) is 0 Å². The van der Waals surface area contributed by atoms with E-state index in [1.165, 1.54) is 0 Å². The van der Waals surface area contributed by atoms with Crippen LogP contribution in [0.25, 0.3) is 0 Å². The fourth-order valence-corrected chi connectivity index (χ4v) is 1.10. The maximum Gasteiger partial charge on any atom is 0.0655 e. The van der Waals surface area contributed by atoms with Crippen LogP contribution in [0.3, 0.4) is 0 Å². The molecule has 15 heavy (non-hydrogen) atoms. The predicted octanol–water partition coefficient (Wildman–Crippen LogP) is -6.17. The van der Waals surface area contributed by atoms with Gasteiger partial charge >= 0.3 is 0 Å². The van der Waals surface area contributed by atoms with Gasteiger partial charge in [0.1, 0.15) is 0 Å². The summed E-state index contributed by atoms with van der Waals surface area (Å²) in [6.07, 6.45) is 0. The van der Waals surface area contributed by atoms with Crippen LogP contribution >= 0.6 is 23.5 Å². The summed E-state index contributed by atoms with van der Waals surface area (Å²) in [5.74, 6) is 0. The van der Waals surface area contributed by atoms with E-state index >= 15 is 0 Å². The maximum atomic E-state index is 9.32. The average molecular weight is 324 g/mol. The third-order valence-corrected chi connectivity index (χ3v) is 1.80. The standard InChI is InChI=1S/Mn.H4O7P2.H3O4P/c;1-8(2,3)7-9(4,5)6;1-5(2,3)4/h;(H2,1,2,3)(H2,4,5,6);(H3,1,2,3,4)/p-7. The van der Waals surface area contributed by atoms with Gasteiger partial charge in [0, 0.05) is 17.1 Å². The maximum absolute atomic E-state index is 9.32. The first-order chi connectivity index (χ1) is 5.71. The van der Waals surface area contributed by atoms with Crippen LogP contribution in [0.1, 0.15) is 0 Å². The Bertz CT molecular complexity index is 259. The molecular weight excluding hydrogens is 324 g/mol. The Morgan fingerprint density at radius 2 is 0.800 bits per heavy atom. The first-order valence-corrected chi connectivity index (χ1v) is 6.57. The van der Waals surface area contributed by atoms with Crippen molar-refractivity contribution in [2.75, 3.05) is 0 Å². The van der Waals surface area contributed by atoms with Gasteiger partial charge in [-0.2, -0.15) is 7.82 Å². The van der Waals surface area contributed by atoms with Gasteiger partial charge in [-0.1, -0.05) is 0 Å². The molecule has 0 aromatic heterocycles. The molecule has 0 unspecified atom stereocenters. The molecule has 0 aromatic carbocycles. The first kappa shape index (κ1) is 21.2. The van der Waals surface area contributed by atoms with Crippen LogP contribution in [-0.4, -0.2) is 0 Å². The summed E-state index contributed by atoms with van der Waals surface area (Å²) in [6.45, 7) is 0. The van der Waals surface area contributed by atoms with Gasteiger partial charge in [0.2, 0.25) is 0 Å². The Balaban J connectivity index is -0.000000208. The molecule has 0 bridgehead atoms. The first-order valence-electron chi connectivity index (χ1n) is 2.19. The molecule has 0 saturated heterocycles. The molecule has 0 spiro atoms. The van der Waals surface area contributed by atoms with E-state index in [2.05, 4.69) is 4.31 Å². The Kier molecular flexibility index (Phi) is 10.3. The molecule has 0 N–H and O–H groups in total. The molecule has 0 fully saturated rings. The minimum absolute atomic E-state index is 0. The smallest absolute Gasteiger partial charge is 0.0655 e. The quantitative estimate of drug-likeness (QED) is 0.343. The normalized spacial score (nSPS) is 12.2. The summed E-state index contributed by atoms with van der Waals surface area (Å²) < 4.78 is 29.7. The summed E-state index contributed by atoms with van der Waals surface area (Å²) in [7, 11) is -16.7. The van der Waals surface area contributed by atoms with E-state index in [0.29, 0.717) is 0 Å². The Labute approximate surface area is 93.3 Å². The topological polar surface area (TPSA) is 222 Å². The number of rotatable bonds is 2. The Morgan fingerprint density at radius 3 is 0.800 bits per heavy atom. The van der Waals surface area contributed by atoms with Crippen molar-refractivity contribution in [3.05, 3.63) is 0 Å². The van der Waals surface area contributed by atoms with Crippen molar-refractivity contribution < 1.29 is 69.3 Å². The zero-order valence-electron chi connectivity index (χ0n) is 6.21. The minimum atomic E-state index is -5.68. The largest absolute Gasteiger partial charge is 0.822 e. The van der Waals surface area contributed by atoms with E-state index < -0.39 is 23.5 Å². The van der Waals surface area contributed by atoms with Crippen molar-refractivity contribution in [3.8, 4) is 0 Å². The molecule has 15 heteroatoms. The van der Waals surface area contributed by atoms with E-state index in [9.17, 15) is 28.7 Å². The van der Waals surface area contributed by atoms with Crippen molar-refractivity contribution >= 4 is 23.5 Å². The van der Waals surface area contributed by atoms with Crippen LogP contribution in [0.4, 0.5) is 0 Å². The van der Waals surface area contributed by atoms with Crippen LogP contribution in [0.2, 0.25) is 0 Å². The van der Waals surface area contributed by atoms with Gasteiger partial charge in [-0.3, -0.25) is 0 Å². The fourth-order valence-electron chi connectivity index (χ4n) is 0.122. The van der Waals surface area contributed by atoms with E-state index in [1.54, 1.807) is 0 Å². The second-order valence-electron chi connectivity index (χ2n) is 1.42. The number of hydrogen-bond donors (Lipinski definition) is 0. The molecule has 0 atom stereocenters.